The summed E-state index contributed by atoms with van der Waals surface area (Å²) in [5.74, 6) is 3.37. The van der Waals surface area contributed by atoms with E-state index in [1.807, 2.05) is 48.5 Å². The van der Waals surface area contributed by atoms with Crippen molar-refractivity contribution in [3.05, 3.63) is 76.0 Å². The van der Waals surface area contributed by atoms with E-state index >= 15 is 0 Å². The lowest BCUT2D eigenvalue weighted by atomic mass is 10.1. The first-order valence-corrected chi connectivity index (χ1v) is 12.3. The zero-order chi connectivity index (χ0) is 24.5. The number of hydrogen-bond acceptors (Lipinski definition) is 8. The fourth-order valence-corrected chi connectivity index (χ4v) is 4.56. The third-order valence-electron chi connectivity index (χ3n) is 5.19. The van der Waals surface area contributed by atoms with E-state index in [2.05, 4.69) is 25.2 Å². The summed E-state index contributed by atoms with van der Waals surface area (Å²) >= 11 is 4.91. The first-order chi connectivity index (χ1) is 16.5. The molecule has 3 aromatic rings. The predicted octanol–water partition coefficient (Wildman–Crippen LogP) is 5.26. The van der Waals surface area contributed by atoms with Crippen LogP contribution in [0.3, 0.4) is 0 Å². The fourth-order valence-electron chi connectivity index (χ4n) is 3.34. The van der Waals surface area contributed by atoms with Crippen LogP contribution in [0.2, 0.25) is 0 Å². The third-order valence-corrected chi connectivity index (χ3v) is 6.75. The molecule has 0 fully saturated rings. The van der Waals surface area contributed by atoms with Crippen molar-refractivity contribution in [1.82, 2.24) is 9.29 Å². The molecule has 1 aromatic heterocycles. The van der Waals surface area contributed by atoms with E-state index in [0.29, 0.717) is 24.5 Å². The monoisotopic (exact) mass is 548 g/mol. The second-order valence-corrected chi connectivity index (χ2v) is 9.39. The lowest BCUT2D eigenvalue weighted by Gasteiger charge is -2.25. The molecule has 9 heteroatoms. The number of aliphatic hydroxyl groups is 1. The van der Waals surface area contributed by atoms with E-state index in [1.54, 1.807) is 34.6 Å². The number of hydrogen-bond donors (Lipinski definition) is 1. The summed E-state index contributed by atoms with van der Waals surface area (Å²) in [7, 11) is 6.55. The Bertz CT molecular complexity index is 1010. The normalized spacial score (nSPS) is 11.9. The van der Waals surface area contributed by atoms with Gasteiger partial charge in [0, 0.05) is 52.8 Å². The Balaban J connectivity index is 1.83. The van der Waals surface area contributed by atoms with Crippen molar-refractivity contribution < 1.29 is 24.1 Å². The highest BCUT2D eigenvalue weighted by Gasteiger charge is 2.18. The summed E-state index contributed by atoms with van der Waals surface area (Å²) in [6, 6.07) is 15.2. The van der Waals surface area contributed by atoms with Crippen molar-refractivity contribution in [2.75, 3.05) is 34.2 Å². The number of rotatable bonds is 12. The number of benzene rings is 2. The van der Waals surface area contributed by atoms with Crippen LogP contribution in [0.15, 0.2) is 59.2 Å². The summed E-state index contributed by atoms with van der Waals surface area (Å²) < 4.78 is 24.9. The molecule has 0 amide bonds. The predicted molar refractivity (Wildman–Crippen MR) is 138 cm³/mol. The van der Waals surface area contributed by atoms with Gasteiger partial charge in [-0.15, -0.1) is 0 Å². The fraction of sp³-hybridized carbons (Fsp3) is 0.320. The number of halogens is 1. The Labute approximate surface area is 213 Å². The molecule has 7 nitrogen and oxygen atoms in total. The average molecular weight is 549 g/mol. The zero-order valence-electron chi connectivity index (χ0n) is 19.7. The first-order valence-electron chi connectivity index (χ1n) is 10.6. The number of ether oxygens (including phenoxy) is 4. The van der Waals surface area contributed by atoms with Crippen LogP contribution in [-0.2, 0) is 13.1 Å². The van der Waals surface area contributed by atoms with Gasteiger partial charge in [0.2, 0.25) is 0 Å². The van der Waals surface area contributed by atoms with Gasteiger partial charge in [0.15, 0.2) is 0 Å². The van der Waals surface area contributed by atoms with Crippen LogP contribution in [0.25, 0.3) is 0 Å². The Morgan fingerprint density at radius 1 is 0.853 bits per heavy atom. The van der Waals surface area contributed by atoms with Gasteiger partial charge in [-0.25, -0.2) is 4.31 Å². The number of aliphatic hydroxyl groups excluding tert-OH is 1. The highest BCUT2D eigenvalue weighted by Crippen LogP contribution is 2.32. The maximum Gasteiger partial charge on any atom is 0.127 e. The molecule has 0 bridgehead atoms. The first kappa shape index (κ1) is 26.2. The van der Waals surface area contributed by atoms with E-state index in [0.717, 1.165) is 38.6 Å². The number of methoxy groups -OCH3 is 4. The standard InChI is InChI=1S/C25H29BrN2O5S/c1-30-20-8-5-17(24(11-20)32-3)14-28(15-18-6-9-21(31-2)12-25(18)33-4)34-16-23(29)22-10-7-19(26)13-27-22/h5-13,23,29H,14-16H2,1-4H3. The van der Waals surface area contributed by atoms with Crippen molar-refractivity contribution in [2.45, 2.75) is 19.2 Å². The van der Waals surface area contributed by atoms with Gasteiger partial charge >= 0.3 is 0 Å². The Hall–Kier alpha value is -2.46. The summed E-state index contributed by atoms with van der Waals surface area (Å²) in [6.45, 7) is 1.15. The minimum Gasteiger partial charge on any atom is -0.497 e. The highest BCUT2D eigenvalue weighted by atomic mass is 79.9. The van der Waals surface area contributed by atoms with Crippen molar-refractivity contribution in [1.29, 1.82) is 0 Å². The van der Waals surface area contributed by atoms with Crippen molar-refractivity contribution >= 4 is 27.9 Å². The highest BCUT2D eigenvalue weighted by molar-refractivity contribution is 9.10. The Kier molecular flexibility index (Phi) is 9.88. The zero-order valence-corrected chi connectivity index (χ0v) is 22.1. The van der Waals surface area contributed by atoms with Crippen LogP contribution in [0.1, 0.15) is 22.9 Å². The van der Waals surface area contributed by atoms with Crippen LogP contribution in [0, 0.1) is 0 Å². The van der Waals surface area contributed by atoms with Gasteiger partial charge in [-0.3, -0.25) is 4.98 Å². The molecular formula is C25H29BrN2O5S. The van der Waals surface area contributed by atoms with Gasteiger partial charge in [0.25, 0.3) is 0 Å². The van der Waals surface area contributed by atoms with E-state index in [1.165, 1.54) is 11.9 Å². The number of pyridine rings is 1. The molecule has 0 aliphatic carbocycles. The van der Waals surface area contributed by atoms with Crippen LogP contribution in [0.5, 0.6) is 23.0 Å². The molecule has 3 rings (SSSR count). The van der Waals surface area contributed by atoms with Gasteiger partial charge < -0.3 is 24.1 Å². The van der Waals surface area contributed by atoms with E-state index < -0.39 is 6.10 Å². The smallest absolute Gasteiger partial charge is 0.127 e. The van der Waals surface area contributed by atoms with Crippen molar-refractivity contribution in [3.63, 3.8) is 0 Å². The van der Waals surface area contributed by atoms with E-state index in [-0.39, 0.29) is 0 Å². The molecule has 182 valence electrons. The maximum absolute atomic E-state index is 10.7. The average Bonchev–Trinajstić information content (AvgIpc) is 2.87. The van der Waals surface area contributed by atoms with Crippen molar-refractivity contribution in [2.24, 2.45) is 0 Å². The molecule has 0 aliphatic heterocycles. The van der Waals surface area contributed by atoms with Gasteiger partial charge in [-0.1, -0.05) is 24.1 Å². The van der Waals surface area contributed by atoms with Crippen LogP contribution >= 0.6 is 27.9 Å². The molecule has 1 unspecified atom stereocenters. The van der Waals surface area contributed by atoms with Gasteiger partial charge in [0.1, 0.15) is 29.1 Å². The van der Waals surface area contributed by atoms with Crippen LogP contribution in [-0.4, -0.2) is 48.6 Å². The molecule has 0 spiro atoms. The number of aromatic nitrogens is 1. The van der Waals surface area contributed by atoms with Crippen LogP contribution < -0.4 is 18.9 Å². The molecular weight excluding hydrogens is 520 g/mol. The quantitative estimate of drug-likeness (QED) is 0.307. The second-order valence-electron chi connectivity index (χ2n) is 7.37. The lowest BCUT2D eigenvalue weighted by molar-refractivity contribution is 0.198. The molecule has 0 aliphatic rings. The molecule has 34 heavy (non-hydrogen) atoms. The lowest BCUT2D eigenvalue weighted by Crippen LogP contribution is -2.18. The minimum absolute atomic E-state index is 0.436. The molecule has 1 N–H and O–H groups in total. The van der Waals surface area contributed by atoms with Crippen molar-refractivity contribution in [3.8, 4) is 23.0 Å². The van der Waals surface area contributed by atoms with Gasteiger partial charge in [-0.05, 0) is 40.2 Å². The maximum atomic E-state index is 10.7. The van der Waals surface area contributed by atoms with Crippen LogP contribution in [0.4, 0.5) is 0 Å². The second kappa shape index (κ2) is 12.9. The summed E-state index contributed by atoms with van der Waals surface area (Å²) in [4.78, 5) is 4.32. The summed E-state index contributed by atoms with van der Waals surface area (Å²) in [6.07, 6.45) is 0.974. The molecule has 0 saturated heterocycles. The minimum atomic E-state index is -0.712. The Morgan fingerprint density at radius 3 is 1.85 bits per heavy atom. The molecule has 1 atom stereocenters. The topological polar surface area (TPSA) is 73.3 Å². The Morgan fingerprint density at radius 2 is 1.41 bits per heavy atom. The summed E-state index contributed by atoms with van der Waals surface area (Å²) in [5, 5.41) is 10.7. The molecule has 2 aromatic carbocycles. The van der Waals surface area contributed by atoms with Gasteiger partial charge in [0.05, 0.1) is 34.1 Å². The number of nitrogens with zero attached hydrogens (tertiary/aromatic N) is 2. The summed E-state index contributed by atoms with van der Waals surface area (Å²) in [5.41, 5.74) is 2.62. The third kappa shape index (κ3) is 7.02. The molecule has 0 radical (unpaired) electrons. The molecule has 1 heterocycles. The SMILES string of the molecule is COc1ccc(CN(Cc2ccc(OC)cc2OC)SCC(O)c2ccc(Br)cn2)c(OC)c1. The van der Waals surface area contributed by atoms with Gasteiger partial charge in [-0.2, -0.15) is 0 Å². The van der Waals surface area contributed by atoms with E-state index in [4.69, 9.17) is 18.9 Å². The largest absolute Gasteiger partial charge is 0.497 e. The van der Waals surface area contributed by atoms with E-state index in [9.17, 15) is 5.11 Å². The molecule has 0 saturated carbocycles.